The lowest BCUT2D eigenvalue weighted by Crippen LogP contribution is -2.10. The number of aryl methyl sites for hydroxylation is 1. The van der Waals surface area contributed by atoms with Crippen molar-refractivity contribution in [1.82, 2.24) is 0 Å². The maximum absolute atomic E-state index is 13.3. The van der Waals surface area contributed by atoms with Crippen LogP contribution in [0.5, 0.6) is 5.75 Å². The van der Waals surface area contributed by atoms with E-state index in [2.05, 4.69) is 4.74 Å². The largest absolute Gasteiger partial charge is 0.477 e. The van der Waals surface area contributed by atoms with Crippen molar-refractivity contribution >= 4 is 5.97 Å². The van der Waals surface area contributed by atoms with E-state index in [1.54, 1.807) is 0 Å². The molecule has 1 rings (SSSR count). The molecule has 6 heteroatoms. The van der Waals surface area contributed by atoms with Gasteiger partial charge < -0.3 is 9.84 Å². The van der Waals surface area contributed by atoms with Crippen molar-refractivity contribution in [2.45, 2.75) is 13.5 Å². The number of alkyl halides is 2. The molecule has 0 amide bonds. The zero-order valence-corrected chi connectivity index (χ0v) is 7.63. The van der Waals surface area contributed by atoms with E-state index in [4.69, 9.17) is 5.11 Å². The predicted molar refractivity (Wildman–Crippen MR) is 44.7 cm³/mol. The Hall–Kier alpha value is -1.72. The van der Waals surface area contributed by atoms with Gasteiger partial charge in [0.05, 0.1) is 0 Å². The molecule has 0 aromatic heterocycles. The summed E-state index contributed by atoms with van der Waals surface area (Å²) in [5.74, 6) is -3.40. The van der Waals surface area contributed by atoms with E-state index in [-0.39, 0.29) is 5.56 Å². The van der Waals surface area contributed by atoms with Crippen LogP contribution in [0, 0.1) is 12.7 Å². The van der Waals surface area contributed by atoms with E-state index in [9.17, 15) is 18.0 Å². The number of hydrogen-bond acceptors (Lipinski definition) is 2. The van der Waals surface area contributed by atoms with E-state index in [0.29, 0.717) is 0 Å². The second-order valence-electron chi connectivity index (χ2n) is 2.75. The number of ether oxygens (including phenoxy) is 1. The minimum atomic E-state index is -3.19. The van der Waals surface area contributed by atoms with Gasteiger partial charge in [0.1, 0.15) is 17.1 Å². The lowest BCUT2D eigenvalue weighted by atomic mass is 10.1. The summed E-state index contributed by atoms with van der Waals surface area (Å²) in [5.41, 5.74) is -0.829. The summed E-state index contributed by atoms with van der Waals surface area (Å²) in [5, 5.41) is 8.62. The fourth-order valence-electron chi connectivity index (χ4n) is 1.06. The predicted octanol–water partition coefficient (Wildman–Crippen LogP) is 2.43. The van der Waals surface area contributed by atoms with E-state index in [0.717, 1.165) is 6.07 Å². The first-order valence-corrected chi connectivity index (χ1v) is 3.90. The molecule has 82 valence electrons. The Morgan fingerprint density at radius 1 is 1.47 bits per heavy atom. The van der Waals surface area contributed by atoms with Gasteiger partial charge in [0.15, 0.2) is 0 Å². The van der Waals surface area contributed by atoms with Crippen molar-refractivity contribution in [2.24, 2.45) is 0 Å². The molecular weight excluding hydrogens is 213 g/mol. The van der Waals surface area contributed by atoms with Gasteiger partial charge in [0.2, 0.25) is 0 Å². The highest BCUT2D eigenvalue weighted by Gasteiger charge is 2.21. The number of aromatic carboxylic acids is 1. The average Bonchev–Trinajstić information content (AvgIpc) is 2.10. The van der Waals surface area contributed by atoms with Crippen molar-refractivity contribution in [3.8, 4) is 5.75 Å². The fraction of sp³-hybridized carbons (Fsp3) is 0.222. The Bertz CT molecular complexity index is 390. The highest BCUT2D eigenvalue weighted by molar-refractivity contribution is 5.91. The molecule has 0 spiro atoms. The molecule has 1 aromatic carbocycles. The van der Waals surface area contributed by atoms with Crippen LogP contribution in [0.4, 0.5) is 13.2 Å². The number of benzene rings is 1. The molecule has 0 heterocycles. The third-order valence-electron chi connectivity index (χ3n) is 1.73. The molecule has 0 aliphatic heterocycles. The van der Waals surface area contributed by atoms with Crippen molar-refractivity contribution < 1.29 is 27.8 Å². The third kappa shape index (κ3) is 2.39. The summed E-state index contributed by atoms with van der Waals surface area (Å²) in [6.07, 6.45) is 0. The molecular formula is C9H7F3O3. The van der Waals surface area contributed by atoms with E-state index >= 15 is 0 Å². The van der Waals surface area contributed by atoms with E-state index in [1.807, 2.05) is 0 Å². The Kier molecular flexibility index (Phi) is 3.18. The molecule has 3 nitrogen and oxygen atoms in total. The van der Waals surface area contributed by atoms with Crippen LogP contribution in [0.3, 0.4) is 0 Å². The summed E-state index contributed by atoms with van der Waals surface area (Å²) in [4.78, 5) is 10.6. The topological polar surface area (TPSA) is 46.5 Å². The van der Waals surface area contributed by atoms with Gasteiger partial charge in [-0.05, 0) is 18.6 Å². The number of rotatable bonds is 3. The van der Waals surface area contributed by atoms with Crippen molar-refractivity contribution in [2.75, 3.05) is 0 Å². The molecule has 15 heavy (non-hydrogen) atoms. The van der Waals surface area contributed by atoms with Crippen LogP contribution in [0.2, 0.25) is 0 Å². The minimum Gasteiger partial charge on any atom is -0.477 e. The molecule has 0 aliphatic carbocycles. The normalized spacial score (nSPS) is 10.5. The number of carboxylic acid groups (broad SMARTS) is 1. The number of carboxylic acids is 1. The Morgan fingerprint density at radius 2 is 2.07 bits per heavy atom. The van der Waals surface area contributed by atoms with Crippen LogP contribution < -0.4 is 4.74 Å². The van der Waals surface area contributed by atoms with E-state index in [1.165, 1.54) is 13.0 Å². The smallest absolute Gasteiger partial charge is 0.387 e. The zero-order chi connectivity index (χ0) is 11.6. The standard InChI is InChI=1S/C9H7F3O3/c1-4-2-3-5(15-9(11)12)6(7(4)10)8(13)14/h2-3,9H,1H3,(H,13,14). The highest BCUT2D eigenvalue weighted by Crippen LogP contribution is 2.25. The van der Waals surface area contributed by atoms with Gasteiger partial charge in [0, 0.05) is 0 Å². The minimum absolute atomic E-state index is 0.0500. The van der Waals surface area contributed by atoms with Crippen molar-refractivity contribution in [3.05, 3.63) is 29.1 Å². The average molecular weight is 220 g/mol. The van der Waals surface area contributed by atoms with Gasteiger partial charge in [-0.25, -0.2) is 9.18 Å². The zero-order valence-electron chi connectivity index (χ0n) is 7.63. The third-order valence-corrected chi connectivity index (χ3v) is 1.73. The van der Waals surface area contributed by atoms with Crippen LogP contribution in [0.25, 0.3) is 0 Å². The maximum atomic E-state index is 13.3. The lowest BCUT2D eigenvalue weighted by molar-refractivity contribution is -0.0505. The maximum Gasteiger partial charge on any atom is 0.387 e. The quantitative estimate of drug-likeness (QED) is 0.850. The lowest BCUT2D eigenvalue weighted by Gasteiger charge is -2.09. The van der Waals surface area contributed by atoms with Gasteiger partial charge in [-0.2, -0.15) is 8.78 Å². The number of hydrogen-bond donors (Lipinski definition) is 1. The molecule has 0 radical (unpaired) electrons. The first-order valence-electron chi connectivity index (χ1n) is 3.90. The molecule has 0 fully saturated rings. The number of halogens is 3. The van der Waals surface area contributed by atoms with Gasteiger partial charge in [-0.15, -0.1) is 0 Å². The van der Waals surface area contributed by atoms with Gasteiger partial charge in [-0.3, -0.25) is 0 Å². The van der Waals surface area contributed by atoms with Crippen molar-refractivity contribution in [3.63, 3.8) is 0 Å². The SMILES string of the molecule is Cc1ccc(OC(F)F)c(C(=O)O)c1F. The Labute approximate surface area is 83.1 Å². The van der Waals surface area contributed by atoms with Crippen LogP contribution >= 0.6 is 0 Å². The molecule has 1 aromatic rings. The first kappa shape index (κ1) is 11.4. The summed E-state index contributed by atoms with van der Waals surface area (Å²) >= 11 is 0. The van der Waals surface area contributed by atoms with Gasteiger partial charge >= 0.3 is 12.6 Å². The molecule has 1 N–H and O–H groups in total. The van der Waals surface area contributed by atoms with Crippen molar-refractivity contribution in [1.29, 1.82) is 0 Å². The number of carbonyl (C=O) groups is 1. The molecule has 0 atom stereocenters. The molecule has 0 unspecified atom stereocenters. The van der Waals surface area contributed by atoms with Gasteiger partial charge in [-0.1, -0.05) is 6.07 Å². The highest BCUT2D eigenvalue weighted by atomic mass is 19.3. The molecule has 0 bridgehead atoms. The van der Waals surface area contributed by atoms with Crippen LogP contribution in [0.15, 0.2) is 12.1 Å². The van der Waals surface area contributed by atoms with Crippen LogP contribution in [-0.4, -0.2) is 17.7 Å². The molecule has 0 saturated heterocycles. The molecule has 0 saturated carbocycles. The monoisotopic (exact) mass is 220 g/mol. The second-order valence-corrected chi connectivity index (χ2v) is 2.75. The summed E-state index contributed by atoms with van der Waals surface area (Å²) in [6.45, 7) is -1.86. The van der Waals surface area contributed by atoms with E-state index < -0.39 is 29.7 Å². The fourth-order valence-corrected chi connectivity index (χ4v) is 1.06. The van der Waals surface area contributed by atoms with Crippen LogP contribution in [0.1, 0.15) is 15.9 Å². The van der Waals surface area contributed by atoms with Gasteiger partial charge in [0.25, 0.3) is 0 Å². The van der Waals surface area contributed by atoms with Crippen LogP contribution in [-0.2, 0) is 0 Å². The summed E-state index contributed by atoms with van der Waals surface area (Å²) < 4.78 is 40.9. The first-order chi connectivity index (χ1) is 6.93. The summed E-state index contributed by atoms with van der Waals surface area (Å²) in [6, 6.07) is 2.16. The molecule has 0 aliphatic rings. The Morgan fingerprint density at radius 3 is 2.53 bits per heavy atom. The second kappa shape index (κ2) is 4.20. The Balaban J connectivity index is 3.27. The summed E-state index contributed by atoms with van der Waals surface area (Å²) in [7, 11) is 0.